The highest BCUT2D eigenvalue weighted by molar-refractivity contribution is 5.37. The molecule has 0 amide bonds. The van der Waals surface area contributed by atoms with E-state index in [0.29, 0.717) is 18.8 Å². The Morgan fingerprint density at radius 1 is 1.22 bits per heavy atom. The Kier molecular flexibility index (Phi) is 2.81. The molecule has 18 heavy (non-hydrogen) atoms. The van der Waals surface area contributed by atoms with Crippen LogP contribution in [-0.2, 0) is 18.0 Å². The van der Waals surface area contributed by atoms with Crippen LogP contribution in [0.3, 0.4) is 0 Å². The van der Waals surface area contributed by atoms with Crippen LogP contribution in [0.4, 0.5) is 4.39 Å². The van der Waals surface area contributed by atoms with Gasteiger partial charge in [0.2, 0.25) is 0 Å². The maximum atomic E-state index is 13.6. The van der Waals surface area contributed by atoms with E-state index < -0.39 is 11.9 Å². The molecule has 4 heteroatoms. The monoisotopic (exact) mass is 245 g/mol. The molecular weight excluding hydrogens is 233 g/mol. The second-order valence-electron chi connectivity index (χ2n) is 4.32. The largest absolute Gasteiger partial charge is 0.384 e. The second kappa shape index (κ2) is 4.48. The van der Waals surface area contributed by atoms with Gasteiger partial charge < -0.3 is 9.84 Å². The highest BCUT2D eigenvalue weighted by Gasteiger charge is 2.18. The van der Waals surface area contributed by atoms with Gasteiger partial charge in [-0.3, -0.25) is 4.98 Å². The number of halogens is 1. The number of fused-ring (bicyclic) bond motifs is 1. The lowest BCUT2D eigenvalue weighted by atomic mass is 9.98. The molecule has 1 unspecified atom stereocenters. The van der Waals surface area contributed by atoms with E-state index in [1.807, 2.05) is 12.1 Å². The number of aromatic nitrogens is 1. The van der Waals surface area contributed by atoms with Crippen molar-refractivity contribution >= 4 is 0 Å². The van der Waals surface area contributed by atoms with Crippen LogP contribution in [0.2, 0.25) is 0 Å². The quantitative estimate of drug-likeness (QED) is 0.883. The summed E-state index contributed by atoms with van der Waals surface area (Å²) < 4.78 is 18.9. The number of aliphatic hydroxyl groups is 1. The molecule has 1 aromatic heterocycles. The number of hydrogen-bond acceptors (Lipinski definition) is 3. The molecule has 1 aromatic carbocycles. The maximum Gasteiger partial charge on any atom is 0.147 e. The van der Waals surface area contributed by atoms with Gasteiger partial charge in [0.25, 0.3) is 0 Å². The van der Waals surface area contributed by atoms with Gasteiger partial charge in [-0.1, -0.05) is 18.2 Å². The molecule has 0 spiro atoms. The van der Waals surface area contributed by atoms with Crippen molar-refractivity contribution in [2.45, 2.75) is 19.3 Å². The molecule has 0 radical (unpaired) electrons. The molecule has 0 fully saturated rings. The van der Waals surface area contributed by atoms with Crippen LogP contribution in [-0.4, -0.2) is 10.1 Å². The Morgan fingerprint density at radius 2 is 2.06 bits per heavy atom. The van der Waals surface area contributed by atoms with Crippen molar-refractivity contribution in [3.8, 4) is 0 Å². The van der Waals surface area contributed by atoms with Crippen LogP contribution in [0, 0.1) is 5.82 Å². The lowest BCUT2D eigenvalue weighted by molar-refractivity contribution is 0.134. The summed E-state index contributed by atoms with van der Waals surface area (Å²) in [6.07, 6.45) is 1.60. The zero-order valence-electron chi connectivity index (χ0n) is 9.64. The Bertz CT molecular complexity index is 586. The van der Waals surface area contributed by atoms with E-state index in [0.717, 1.165) is 17.3 Å². The van der Waals surface area contributed by atoms with Crippen molar-refractivity contribution in [2.75, 3.05) is 0 Å². The highest BCUT2D eigenvalue weighted by Crippen LogP contribution is 2.28. The molecule has 2 aromatic rings. The molecule has 92 valence electrons. The third kappa shape index (κ3) is 1.89. The minimum atomic E-state index is -0.973. The third-order valence-electron chi connectivity index (χ3n) is 3.16. The molecule has 0 saturated carbocycles. The number of rotatable bonds is 2. The third-order valence-corrected chi connectivity index (χ3v) is 3.16. The van der Waals surface area contributed by atoms with Crippen molar-refractivity contribution in [2.24, 2.45) is 0 Å². The van der Waals surface area contributed by atoms with Crippen molar-refractivity contribution in [1.29, 1.82) is 0 Å². The predicted octanol–water partition coefficient (Wildman–Crippen LogP) is 2.33. The standard InChI is InChI=1S/C14H12FNO2/c15-13-6-16-4-3-12(13)14(17)9-1-2-10-7-18-8-11(10)5-9/h1-6,14,17H,7-8H2. The highest BCUT2D eigenvalue weighted by atomic mass is 19.1. The fraction of sp³-hybridized carbons (Fsp3) is 0.214. The van der Waals surface area contributed by atoms with Gasteiger partial charge >= 0.3 is 0 Å². The number of hydrogen-bond donors (Lipinski definition) is 1. The van der Waals surface area contributed by atoms with Gasteiger partial charge in [0.15, 0.2) is 0 Å². The number of nitrogens with zero attached hydrogens (tertiary/aromatic N) is 1. The van der Waals surface area contributed by atoms with E-state index in [1.54, 1.807) is 6.07 Å². The van der Waals surface area contributed by atoms with Crippen LogP contribution < -0.4 is 0 Å². The van der Waals surface area contributed by atoms with Gasteiger partial charge in [0.1, 0.15) is 11.9 Å². The average Bonchev–Trinajstić information content (AvgIpc) is 2.85. The summed E-state index contributed by atoms with van der Waals surface area (Å²) in [4.78, 5) is 3.67. The van der Waals surface area contributed by atoms with Gasteiger partial charge in [-0.15, -0.1) is 0 Å². The number of ether oxygens (including phenoxy) is 1. The van der Waals surface area contributed by atoms with Gasteiger partial charge in [-0.05, 0) is 22.8 Å². The Morgan fingerprint density at radius 3 is 2.89 bits per heavy atom. The number of aliphatic hydroxyl groups excluding tert-OH is 1. The smallest absolute Gasteiger partial charge is 0.147 e. The van der Waals surface area contributed by atoms with Crippen molar-refractivity contribution in [3.63, 3.8) is 0 Å². The van der Waals surface area contributed by atoms with Crippen LogP contribution in [0.25, 0.3) is 0 Å². The first-order chi connectivity index (χ1) is 8.75. The molecule has 2 heterocycles. The average molecular weight is 245 g/mol. The molecule has 1 N–H and O–H groups in total. The molecule has 0 bridgehead atoms. The van der Waals surface area contributed by atoms with Crippen molar-refractivity contribution in [3.05, 3.63) is 64.7 Å². The molecule has 3 nitrogen and oxygen atoms in total. The second-order valence-corrected chi connectivity index (χ2v) is 4.32. The lowest BCUT2D eigenvalue weighted by Crippen LogP contribution is -2.03. The Balaban J connectivity index is 1.98. The fourth-order valence-electron chi connectivity index (χ4n) is 2.15. The van der Waals surface area contributed by atoms with Crippen LogP contribution in [0.5, 0.6) is 0 Å². The summed E-state index contributed by atoms with van der Waals surface area (Å²) in [6, 6.07) is 7.08. The SMILES string of the molecule is OC(c1ccc2c(c1)COC2)c1ccncc1F. The Hall–Kier alpha value is -1.78. The van der Waals surface area contributed by atoms with E-state index in [-0.39, 0.29) is 5.56 Å². The van der Waals surface area contributed by atoms with Crippen LogP contribution >= 0.6 is 0 Å². The first-order valence-corrected chi connectivity index (χ1v) is 5.72. The minimum absolute atomic E-state index is 0.240. The van der Waals surface area contributed by atoms with E-state index in [2.05, 4.69) is 4.98 Å². The van der Waals surface area contributed by atoms with Gasteiger partial charge in [0.05, 0.1) is 19.4 Å². The number of benzene rings is 1. The van der Waals surface area contributed by atoms with Crippen LogP contribution in [0.1, 0.15) is 28.4 Å². The van der Waals surface area contributed by atoms with E-state index >= 15 is 0 Å². The zero-order valence-corrected chi connectivity index (χ0v) is 9.64. The first-order valence-electron chi connectivity index (χ1n) is 5.72. The van der Waals surface area contributed by atoms with Crippen molar-refractivity contribution < 1.29 is 14.2 Å². The molecule has 1 aliphatic rings. The summed E-state index contributed by atoms with van der Waals surface area (Å²) in [5.74, 6) is -0.498. The molecule has 0 saturated heterocycles. The summed E-state index contributed by atoms with van der Waals surface area (Å²) in [6.45, 7) is 1.16. The minimum Gasteiger partial charge on any atom is -0.384 e. The topological polar surface area (TPSA) is 42.4 Å². The fourth-order valence-corrected chi connectivity index (χ4v) is 2.15. The lowest BCUT2D eigenvalue weighted by Gasteiger charge is -2.13. The van der Waals surface area contributed by atoms with Gasteiger partial charge in [0, 0.05) is 11.8 Å². The maximum absolute atomic E-state index is 13.6. The van der Waals surface area contributed by atoms with E-state index in [4.69, 9.17) is 4.74 Å². The summed E-state index contributed by atoms with van der Waals surface area (Å²) in [5, 5.41) is 10.2. The van der Waals surface area contributed by atoms with Gasteiger partial charge in [-0.25, -0.2) is 4.39 Å². The molecule has 1 aliphatic heterocycles. The summed E-state index contributed by atoms with van der Waals surface area (Å²) in [5.41, 5.74) is 3.09. The molecular formula is C14H12FNO2. The zero-order chi connectivity index (χ0) is 12.5. The summed E-state index contributed by atoms with van der Waals surface area (Å²) in [7, 11) is 0. The molecule has 1 atom stereocenters. The molecule has 3 rings (SSSR count). The van der Waals surface area contributed by atoms with E-state index in [9.17, 15) is 9.50 Å². The van der Waals surface area contributed by atoms with E-state index in [1.165, 1.54) is 12.3 Å². The van der Waals surface area contributed by atoms with Crippen molar-refractivity contribution in [1.82, 2.24) is 4.98 Å². The molecule has 0 aliphatic carbocycles. The number of pyridine rings is 1. The first kappa shape index (κ1) is 11.3. The van der Waals surface area contributed by atoms with Crippen LogP contribution in [0.15, 0.2) is 36.7 Å². The predicted molar refractivity (Wildman–Crippen MR) is 63.2 cm³/mol. The summed E-state index contributed by atoms with van der Waals surface area (Å²) >= 11 is 0. The Labute approximate surface area is 104 Å². The normalized spacial score (nSPS) is 15.4. The van der Waals surface area contributed by atoms with Gasteiger partial charge in [-0.2, -0.15) is 0 Å².